The van der Waals surface area contributed by atoms with Crippen LogP contribution in [0.5, 0.6) is 0 Å². The molecule has 1 aliphatic carbocycles. The molecule has 0 spiro atoms. The summed E-state index contributed by atoms with van der Waals surface area (Å²) in [5.74, 6) is 0.189. The van der Waals surface area contributed by atoms with Gasteiger partial charge in [-0.2, -0.15) is 0 Å². The number of ketones is 1. The van der Waals surface area contributed by atoms with Gasteiger partial charge in [0.25, 0.3) is 0 Å². The standard InChI is InChI=1S/C11H13NO/c1-6-3-7(2)11-8(4-6)10(13)5-9(11)12/h3-4,9H,5,12H2,1-2H3. The molecule has 2 nitrogen and oxygen atoms in total. The molecule has 1 unspecified atom stereocenters. The molecule has 1 aromatic carbocycles. The summed E-state index contributed by atoms with van der Waals surface area (Å²) < 4.78 is 0. The molecule has 0 amide bonds. The quantitative estimate of drug-likeness (QED) is 0.654. The van der Waals surface area contributed by atoms with Gasteiger partial charge in [-0.15, -0.1) is 0 Å². The smallest absolute Gasteiger partial charge is 0.165 e. The van der Waals surface area contributed by atoms with E-state index in [1.54, 1.807) is 0 Å². The van der Waals surface area contributed by atoms with Crippen LogP contribution in [0.1, 0.15) is 39.5 Å². The van der Waals surface area contributed by atoms with E-state index in [9.17, 15) is 4.79 Å². The van der Waals surface area contributed by atoms with Crippen molar-refractivity contribution in [3.05, 3.63) is 34.4 Å². The first-order valence-corrected chi connectivity index (χ1v) is 4.49. The minimum absolute atomic E-state index is 0.0805. The van der Waals surface area contributed by atoms with E-state index in [4.69, 9.17) is 5.73 Å². The molecule has 1 aromatic rings. The Kier molecular flexibility index (Phi) is 1.74. The van der Waals surface area contributed by atoms with Crippen LogP contribution in [0.15, 0.2) is 12.1 Å². The lowest BCUT2D eigenvalue weighted by Crippen LogP contribution is -2.07. The molecule has 0 fully saturated rings. The van der Waals surface area contributed by atoms with Gasteiger partial charge in [0.2, 0.25) is 0 Å². The highest BCUT2D eigenvalue weighted by atomic mass is 16.1. The second-order valence-corrected chi connectivity index (χ2v) is 3.78. The topological polar surface area (TPSA) is 43.1 Å². The van der Waals surface area contributed by atoms with E-state index >= 15 is 0 Å². The lowest BCUT2D eigenvalue weighted by molar-refractivity contribution is 0.0989. The van der Waals surface area contributed by atoms with Crippen molar-refractivity contribution in [1.82, 2.24) is 0 Å². The minimum atomic E-state index is -0.0805. The average Bonchev–Trinajstić information content (AvgIpc) is 2.27. The number of carbonyl (C=O) groups excluding carboxylic acids is 1. The second kappa shape index (κ2) is 2.67. The summed E-state index contributed by atoms with van der Waals surface area (Å²) in [6, 6.07) is 3.94. The molecule has 2 N–H and O–H groups in total. The zero-order chi connectivity index (χ0) is 9.59. The fourth-order valence-corrected chi connectivity index (χ4v) is 2.11. The third-order valence-corrected chi connectivity index (χ3v) is 2.61. The summed E-state index contributed by atoms with van der Waals surface area (Å²) in [5.41, 5.74) is 10.0. The number of hydrogen-bond acceptors (Lipinski definition) is 2. The summed E-state index contributed by atoms with van der Waals surface area (Å²) in [4.78, 5) is 11.5. The molecule has 13 heavy (non-hydrogen) atoms. The molecule has 0 heterocycles. The van der Waals surface area contributed by atoms with Crippen LogP contribution in [0.4, 0.5) is 0 Å². The van der Waals surface area contributed by atoms with Crippen LogP contribution in [-0.4, -0.2) is 5.78 Å². The van der Waals surface area contributed by atoms with E-state index in [1.807, 2.05) is 19.9 Å². The van der Waals surface area contributed by atoms with Gasteiger partial charge >= 0.3 is 0 Å². The average molecular weight is 175 g/mol. The number of rotatable bonds is 0. The van der Waals surface area contributed by atoms with E-state index in [0.29, 0.717) is 6.42 Å². The minimum Gasteiger partial charge on any atom is -0.324 e. The summed E-state index contributed by atoms with van der Waals surface area (Å²) in [5, 5.41) is 0. The first kappa shape index (κ1) is 8.45. The maximum Gasteiger partial charge on any atom is 0.165 e. The summed E-state index contributed by atoms with van der Waals surface area (Å²) >= 11 is 0. The zero-order valence-electron chi connectivity index (χ0n) is 7.92. The summed E-state index contributed by atoms with van der Waals surface area (Å²) in [6.07, 6.45) is 0.472. The molecule has 2 rings (SSSR count). The normalized spacial score (nSPS) is 20.5. The van der Waals surface area contributed by atoms with Crippen molar-refractivity contribution in [2.75, 3.05) is 0 Å². The third-order valence-electron chi connectivity index (χ3n) is 2.61. The number of aryl methyl sites for hydroxylation is 2. The lowest BCUT2D eigenvalue weighted by atomic mass is 9.99. The van der Waals surface area contributed by atoms with Crippen LogP contribution in [0.2, 0.25) is 0 Å². The second-order valence-electron chi connectivity index (χ2n) is 3.78. The Morgan fingerprint density at radius 3 is 2.77 bits per heavy atom. The summed E-state index contributed by atoms with van der Waals surface area (Å²) in [7, 11) is 0. The number of nitrogens with two attached hydrogens (primary N) is 1. The van der Waals surface area contributed by atoms with E-state index in [-0.39, 0.29) is 11.8 Å². The van der Waals surface area contributed by atoms with Gasteiger partial charge in [0.1, 0.15) is 0 Å². The van der Waals surface area contributed by atoms with Gasteiger partial charge in [-0.05, 0) is 31.0 Å². The molecule has 0 saturated heterocycles. The SMILES string of the molecule is Cc1cc(C)c2c(c1)C(=O)CC2N. The molecule has 0 aliphatic heterocycles. The molecule has 68 valence electrons. The molecule has 0 saturated carbocycles. The van der Waals surface area contributed by atoms with Gasteiger partial charge in [0.15, 0.2) is 5.78 Å². The van der Waals surface area contributed by atoms with Gasteiger partial charge in [-0.25, -0.2) is 0 Å². The molecule has 2 heteroatoms. The van der Waals surface area contributed by atoms with Crippen molar-refractivity contribution in [3.8, 4) is 0 Å². The molecular formula is C11H13NO. The van der Waals surface area contributed by atoms with Gasteiger partial charge in [0, 0.05) is 18.0 Å². The molecule has 0 aromatic heterocycles. The Morgan fingerprint density at radius 1 is 1.38 bits per heavy atom. The van der Waals surface area contributed by atoms with Crippen LogP contribution in [0.25, 0.3) is 0 Å². The Balaban J connectivity index is 2.69. The van der Waals surface area contributed by atoms with Crippen molar-refractivity contribution >= 4 is 5.78 Å². The van der Waals surface area contributed by atoms with Crippen LogP contribution in [0.3, 0.4) is 0 Å². The first-order chi connectivity index (χ1) is 6.09. The predicted molar refractivity (Wildman–Crippen MR) is 51.8 cm³/mol. The molecular weight excluding hydrogens is 162 g/mol. The largest absolute Gasteiger partial charge is 0.324 e. The lowest BCUT2D eigenvalue weighted by Gasteiger charge is -2.08. The van der Waals surface area contributed by atoms with Crippen LogP contribution in [0, 0.1) is 13.8 Å². The van der Waals surface area contributed by atoms with Crippen molar-refractivity contribution in [2.45, 2.75) is 26.3 Å². The van der Waals surface area contributed by atoms with Gasteiger partial charge in [-0.1, -0.05) is 11.6 Å². The van der Waals surface area contributed by atoms with E-state index < -0.39 is 0 Å². The van der Waals surface area contributed by atoms with E-state index in [2.05, 4.69) is 6.07 Å². The number of carbonyl (C=O) groups is 1. The van der Waals surface area contributed by atoms with Gasteiger partial charge in [-0.3, -0.25) is 4.79 Å². The summed E-state index contributed by atoms with van der Waals surface area (Å²) in [6.45, 7) is 4.02. The van der Waals surface area contributed by atoms with Crippen molar-refractivity contribution in [1.29, 1.82) is 0 Å². The number of benzene rings is 1. The number of fused-ring (bicyclic) bond motifs is 1. The fourth-order valence-electron chi connectivity index (χ4n) is 2.11. The Labute approximate surface area is 77.8 Å². The van der Waals surface area contributed by atoms with E-state index in [1.165, 1.54) is 0 Å². The Hall–Kier alpha value is -1.15. The maximum absolute atomic E-state index is 11.5. The number of hydrogen-bond donors (Lipinski definition) is 1. The molecule has 1 atom stereocenters. The highest BCUT2D eigenvalue weighted by Gasteiger charge is 2.27. The monoisotopic (exact) mass is 175 g/mol. The Bertz CT molecular complexity index is 382. The van der Waals surface area contributed by atoms with Crippen LogP contribution < -0.4 is 5.73 Å². The van der Waals surface area contributed by atoms with Crippen LogP contribution >= 0.6 is 0 Å². The molecule has 1 aliphatic rings. The third kappa shape index (κ3) is 1.18. The first-order valence-electron chi connectivity index (χ1n) is 4.49. The van der Waals surface area contributed by atoms with Crippen LogP contribution in [-0.2, 0) is 0 Å². The predicted octanol–water partition coefficient (Wildman–Crippen LogP) is 1.89. The number of Topliss-reactive ketones (excluding diaryl/α,β-unsaturated/α-hetero) is 1. The zero-order valence-corrected chi connectivity index (χ0v) is 7.92. The highest BCUT2D eigenvalue weighted by Crippen LogP contribution is 2.32. The van der Waals surface area contributed by atoms with Gasteiger partial charge in [0.05, 0.1) is 0 Å². The van der Waals surface area contributed by atoms with Crippen molar-refractivity contribution < 1.29 is 4.79 Å². The van der Waals surface area contributed by atoms with E-state index in [0.717, 1.165) is 22.3 Å². The van der Waals surface area contributed by atoms with Crippen molar-refractivity contribution in [3.63, 3.8) is 0 Å². The fraction of sp³-hybridized carbons (Fsp3) is 0.364. The molecule has 0 bridgehead atoms. The van der Waals surface area contributed by atoms with Gasteiger partial charge < -0.3 is 5.73 Å². The highest BCUT2D eigenvalue weighted by molar-refractivity contribution is 6.01. The molecule has 0 radical (unpaired) electrons. The van der Waals surface area contributed by atoms with Crippen molar-refractivity contribution in [2.24, 2.45) is 5.73 Å². The maximum atomic E-state index is 11.5. The Morgan fingerprint density at radius 2 is 2.08 bits per heavy atom.